The molecule has 3 N–H and O–H groups in total. The summed E-state index contributed by atoms with van der Waals surface area (Å²) in [7, 11) is 0. The summed E-state index contributed by atoms with van der Waals surface area (Å²) in [5.41, 5.74) is 0.568. The van der Waals surface area contributed by atoms with Gasteiger partial charge in [0.05, 0.1) is 12.7 Å². The molecule has 0 fully saturated rings. The Morgan fingerprint density at radius 1 is 1.40 bits per heavy atom. The zero-order valence-electron chi connectivity index (χ0n) is 12.0. The smallest absolute Gasteiger partial charge is 0.325 e. The predicted octanol–water partition coefficient (Wildman–Crippen LogP) is 0.598. The Bertz CT molecular complexity index is 469. The summed E-state index contributed by atoms with van der Waals surface area (Å²) in [6.45, 7) is 6.76. The van der Waals surface area contributed by atoms with E-state index in [0.717, 1.165) is 6.42 Å². The average molecular weight is 283 g/mol. The van der Waals surface area contributed by atoms with Gasteiger partial charge in [-0.2, -0.15) is 0 Å². The highest BCUT2D eigenvalue weighted by Crippen LogP contribution is 2.17. The highest BCUT2D eigenvalue weighted by Gasteiger charge is 2.16. The van der Waals surface area contributed by atoms with Crippen molar-refractivity contribution in [1.29, 1.82) is 0 Å². The highest BCUT2D eigenvalue weighted by molar-refractivity contribution is 5.73. The molecule has 112 valence electrons. The SMILES string of the molecule is CCC(C)(C)CNC(=O)NCc1cn(CC(=O)O)nn1. The van der Waals surface area contributed by atoms with Crippen LogP contribution < -0.4 is 10.6 Å². The van der Waals surface area contributed by atoms with Gasteiger partial charge in [-0.3, -0.25) is 4.79 Å². The van der Waals surface area contributed by atoms with Gasteiger partial charge in [-0.05, 0) is 11.8 Å². The van der Waals surface area contributed by atoms with Gasteiger partial charge in [-0.25, -0.2) is 9.48 Å². The molecule has 1 aromatic rings. The van der Waals surface area contributed by atoms with Gasteiger partial charge in [0, 0.05) is 6.54 Å². The van der Waals surface area contributed by atoms with E-state index in [9.17, 15) is 9.59 Å². The quantitative estimate of drug-likeness (QED) is 0.679. The Hall–Kier alpha value is -2.12. The van der Waals surface area contributed by atoms with E-state index in [1.807, 2.05) is 0 Å². The zero-order valence-corrected chi connectivity index (χ0v) is 12.0. The Morgan fingerprint density at radius 2 is 2.10 bits per heavy atom. The molecule has 0 unspecified atom stereocenters. The Balaban J connectivity index is 2.34. The molecule has 0 atom stereocenters. The molecule has 0 aromatic carbocycles. The summed E-state index contributed by atoms with van der Waals surface area (Å²) in [6, 6.07) is -0.278. The van der Waals surface area contributed by atoms with Crippen molar-refractivity contribution in [3.05, 3.63) is 11.9 Å². The topological polar surface area (TPSA) is 109 Å². The van der Waals surface area contributed by atoms with Crippen LogP contribution in [0.3, 0.4) is 0 Å². The summed E-state index contributed by atoms with van der Waals surface area (Å²) >= 11 is 0. The number of carboxylic acids is 1. The van der Waals surface area contributed by atoms with Crippen molar-refractivity contribution in [3.8, 4) is 0 Å². The molecule has 0 saturated carbocycles. The average Bonchev–Trinajstić information content (AvgIpc) is 2.81. The van der Waals surface area contributed by atoms with E-state index in [1.165, 1.54) is 10.9 Å². The fourth-order valence-corrected chi connectivity index (χ4v) is 1.31. The number of rotatable bonds is 7. The molecule has 8 nitrogen and oxygen atoms in total. The first-order valence-corrected chi connectivity index (χ1v) is 6.45. The minimum absolute atomic E-state index is 0.0575. The molecule has 8 heteroatoms. The number of nitrogens with one attached hydrogen (secondary N) is 2. The normalized spacial score (nSPS) is 11.2. The van der Waals surface area contributed by atoms with E-state index in [0.29, 0.717) is 12.2 Å². The Morgan fingerprint density at radius 3 is 2.70 bits per heavy atom. The van der Waals surface area contributed by atoms with Crippen LogP contribution in [0.25, 0.3) is 0 Å². The van der Waals surface area contributed by atoms with E-state index in [1.54, 1.807) is 0 Å². The van der Waals surface area contributed by atoms with Crippen LogP contribution in [0, 0.1) is 5.41 Å². The second kappa shape index (κ2) is 6.88. The predicted molar refractivity (Wildman–Crippen MR) is 72.0 cm³/mol. The minimum Gasteiger partial charge on any atom is -0.480 e. The van der Waals surface area contributed by atoms with Gasteiger partial charge >= 0.3 is 12.0 Å². The first-order valence-electron chi connectivity index (χ1n) is 6.45. The minimum atomic E-state index is -0.992. The first kappa shape index (κ1) is 15.9. The number of carbonyl (C=O) groups is 2. The molecule has 0 aliphatic rings. The van der Waals surface area contributed by atoms with Gasteiger partial charge in [-0.15, -0.1) is 5.10 Å². The molecule has 20 heavy (non-hydrogen) atoms. The van der Waals surface area contributed by atoms with Crippen LogP contribution in [0.2, 0.25) is 0 Å². The molecular weight excluding hydrogens is 262 g/mol. The molecule has 1 heterocycles. The third kappa shape index (κ3) is 5.68. The lowest BCUT2D eigenvalue weighted by molar-refractivity contribution is -0.137. The second-order valence-electron chi connectivity index (χ2n) is 5.36. The fraction of sp³-hybridized carbons (Fsp3) is 0.667. The molecule has 0 aliphatic heterocycles. The molecule has 0 radical (unpaired) electrons. The standard InChI is InChI=1S/C12H21N5O3/c1-4-12(2,3)8-14-11(20)13-5-9-6-17(16-15-9)7-10(18)19/h6H,4-5,7-8H2,1-3H3,(H,18,19)(H2,13,14,20). The molecule has 2 amide bonds. The van der Waals surface area contributed by atoms with E-state index in [4.69, 9.17) is 5.11 Å². The first-order chi connectivity index (χ1) is 9.32. The molecule has 1 aromatic heterocycles. The van der Waals surface area contributed by atoms with Crippen molar-refractivity contribution in [3.63, 3.8) is 0 Å². The van der Waals surface area contributed by atoms with Crippen LogP contribution >= 0.6 is 0 Å². The lowest BCUT2D eigenvalue weighted by atomic mass is 9.90. The summed E-state index contributed by atoms with van der Waals surface area (Å²) < 4.78 is 1.21. The van der Waals surface area contributed by atoms with Crippen LogP contribution in [0.1, 0.15) is 32.9 Å². The van der Waals surface area contributed by atoms with Gasteiger partial charge in [0.2, 0.25) is 0 Å². The number of carbonyl (C=O) groups excluding carboxylic acids is 1. The number of urea groups is 1. The maximum absolute atomic E-state index is 11.6. The number of hydrogen-bond donors (Lipinski definition) is 3. The van der Waals surface area contributed by atoms with Gasteiger partial charge in [-0.1, -0.05) is 26.0 Å². The number of hydrogen-bond acceptors (Lipinski definition) is 4. The second-order valence-corrected chi connectivity index (χ2v) is 5.36. The highest BCUT2D eigenvalue weighted by atomic mass is 16.4. The van der Waals surface area contributed by atoms with E-state index < -0.39 is 5.97 Å². The maximum Gasteiger partial charge on any atom is 0.325 e. The van der Waals surface area contributed by atoms with Gasteiger partial charge < -0.3 is 15.7 Å². The molecule has 0 spiro atoms. The van der Waals surface area contributed by atoms with E-state index in [2.05, 4.69) is 41.7 Å². The van der Waals surface area contributed by atoms with Gasteiger partial charge in [0.25, 0.3) is 0 Å². The Labute approximate surface area is 117 Å². The maximum atomic E-state index is 11.6. The third-order valence-electron chi connectivity index (χ3n) is 3.00. The van der Waals surface area contributed by atoms with Crippen molar-refractivity contribution in [2.45, 2.75) is 40.3 Å². The van der Waals surface area contributed by atoms with Crippen molar-refractivity contribution in [2.75, 3.05) is 6.54 Å². The number of nitrogens with zero attached hydrogens (tertiary/aromatic N) is 3. The molecule has 0 bridgehead atoms. The van der Waals surface area contributed by atoms with Crippen LogP contribution in [-0.4, -0.2) is 38.6 Å². The molecule has 0 aliphatic carbocycles. The monoisotopic (exact) mass is 283 g/mol. The summed E-state index contributed by atoms with van der Waals surface area (Å²) in [5.74, 6) is -0.992. The molecule has 1 rings (SSSR count). The molecule has 0 saturated heterocycles. The molecular formula is C12H21N5O3. The van der Waals surface area contributed by atoms with E-state index in [-0.39, 0.29) is 24.5 Å². The Kier molecular flexibility index (Phi) is 5.48. The number of aliphatic carboxylic acids is 1. The van der Waals surface area contributed by atoms with Crippen molar-refractivity contribution >= 4 is 12.0 Å². The van der Waals surface area contributed by atoms with Crippen LogP contribution in [0.15, 0.2) is 6.20 Å². The zero-order chi connectivity index (χ0) is 15.2. The van der Waals surface area contributed by atoms with E-state index >= 15 is 0 Å². The third-order valence-corrected chi connectivity index (χ3v) is 3.00. The van der Waals surface area contributed by atoms with Gasteiger partial charge in [0.1, 0.15) is 12.2 Å². The summed E-state index contributed by atoms with van der Waals surface area (Å²) in [4.78, 5) is 22.1. The summed E-state index contributed by atoms with van der Waals surface area (Å²) in [5, 5.41) is 21.4. The fourth-order valence-electron chi connectivity index (χ4n) is 1.31. The van der Waals surface area contributed by atoms with Crippen LogP contribution in [-0.2, 0) is 17.9 Å². The number of aromatic nitrogens is 3. The lowest BCUT2D eigenvalue weighted by Crippen LogP contribution is -2.40. The van der Waals surface area contributed by atoms with Crippen molar-refractivity contribution in [1.82, 2.24) is 25.6 Å². The van der Waals surface area contributed by atoms with Crippen LogP contribution in [0.5, 0.6) is 0 Å². The van der Waals surface area contributed by atoms with Crippen molar-refractivity contribution in [2.24, 2.45) is 5.41 Å². The summed E-state index contributed by atoms with van der Waals surface area (Å²) in [6.07, 6.45) is 2.46. The van der Waals surface area contributed by atoms with Crippen LogP contribution in [0.4, 0.5) is 4.79 Å². The number of carboxylic acid groups (broad SMARTS) is 1. The number of amides is 2. The van der Waals surface area contributed by atoms with Crippen molar-refractivity contribution < 1.29 is 14.7 Å². The lowest BCUT2D eigenvalue weighted by Gasteiger charge is -2.22. The van der Waals surface area contributed by atoms with Gasteiger partial charge in [0.15, 0.2) is 0 Å². The largest absolute Gasteiger partial charge is 0.480 e.